The zero-order valence-corrected chi connectivity index (χ0v) is 21.5. The van der Waals surface area contributed by atoms with Crippen molar-refractivity contribution in [2.75, 3.05) is 17.1 Å². The minimum Gasteiger partial charge on any atom is -0.352 e. The van der Waals surface area contributed by atoms with Gasteiger partial charge < -0.3 is 10.2 Å². The number of carbonyl (C=O) groups is 2. The summed E-state index contributed by atoms with van der Waals surface area (Å²) in [6.45, 7) is 1.13. The van der Waals surface area contributed by atoms with Crippen molar-refractivity contribution in [3.8, 4) is 0 Å². The van der Waals surface area contributed by atoms with Crippen molar-refractivity contribution in [2.24, 2.45) is 0 Å². The average molecular weight is 524 g/mol. The van der Waals surface area contributed by atoms with Gasteiger partial charge in [-0.25, -0.2) is 12.8 Å². The first-order valence-corrected chi connectivity index (χ1v) is 13.8. The van der Waals surface area contributed by atoms with E-state index in [0.717, 1.165) is 54.3 Å². The van der Waals surface area contributed by atoms with Crippen LogP contribution in [-0.2, 0) is 26.2 Å². The number of amides is 2. The summed E-state index contributed by atoms with van der Waals surface area (Å²) in [6, 6.07) is 11.1. The highest BCUT2D eigenvalue weighted by molar-refractivity contribution is 7.92. The third-order valence-electron chi connectivity index (χ3n) is 6.16. The van der Waals surface area contributed by atoms with E-state index in [9.17, 15) is 22.4 Å². The SMILES string of the molecule is C[C@@H](C(=O)NC1CCCCC1)N(Cc1ccc(Cl)cc1)C(=O)CN(c1cccc(F)c1)S(C)(=O)=O. The van der Waals surface area contributed by atoms with Crippen LogP contribution in [-0.4, -0.2) is 50.0 Å². The predicted octanol–water partition coefficient (Wildman–Crippen LogP) is 4.11. The van der Waals surface area contributed by atoms with Crippen LogP contribution in [0.1, 0.15) is 44.6 Å². The molecule has 1 fully saturated rings. The van der Waals surface area contributed by atoms with Crippen LogP contribution >= 0.6 is 11.6 Å². The monoisotopic (exact) mass is 523 g/mol. The smallest absolute Gasteiger partial charge is 0.244 e. The maximum atomic E-state index is 13.8. The van der Waals surface area contributed by atoms with E-state index >= 15 is 0 Å². The number of rotatable bonds is 9. The number of nitrogens with one attached hydrogen (secondary N) is 1. The van der Waals surface area contributed by atoms with Crippen LogP contribution in [0, 0.1) is 5.82 Å². The number of hydrogen-bond donors (Lipinski definition) is 1. The van der Waals surface area contributed by atoms with Crippen molar-refractivity contribution in [1.29, 1.82) is 0 Å². The zero-order chi connectivity index (χ0) is 25.6. The summed E-state index contributed by atoms with van der Waals surface area (Å²) in [5.41, 5.74) is 0.767. The molecule has 0 bridgehead atoms. The minimum atomic E-state index is -3.91. The average Bonchev–Trinajstić information content (AvgIpc) is 2.81. The second-order valence-electron chi connectivity index (χ2n) is 8.92. The lowest BCUT2D eigenvalue weighted by molar-refractivity contribution is -0.139. The van der Waals surface area contributed by atoms with Crippen LogP contribution in [0.15, 0.2) is 48.5 Å². The van der Waals surface area contributed by atoms with Crippen molar-refractivity contribution in [3.63, 3.8) is 0 Å². The Morgan fingerprint density at radius 3 is 2.37 bits per heavy atom. The summed E-state index contributed by atoms with van der Waals surface area (Å²) in [5.74, 6) is -1.50. The van der Waals surface area contributed by atoms with E-state index in [1.165, 1.54) is 23.1 Å². The first-order valence-electron chi connectivity index (χ1n) is 11.6. The molecule has 1 N–H and O–H groups in total. The van der Waals surface area contributed by atoms with Crippen molar-refractivity contribution in [3.05, 3.63) is 64.9 Å². The van der Waals surface area contributed by atoms with Crippen LogP contribution < -0.4 is 9.62 Å². The fourth-order valence-electron chi connectivity index (χ4n) is 4.18. The molecule has 1 aliphatic carbocycles. The predicted molar refractivity (Wildman–Crippen MR) is 135 cm³/mol. The summed E-state index contributed by atoms with van der Waals surface area (Å²) >= 11 is 5.98. The molecule has 0 spiro atoms. The molecular formula is C25H31ClFN3O4S. The molecule has 1 atom stereocenters. The van der Waals surface area contributed by atoms with E-state index < -0.39 is 34.3 Å². The zero-order valence-electron chi connectivity index (χ0n) is 19.9. The van der Waals surface area contributed by atoms with Gasteiger partial charge in [-0.3, -0.25) is 13.9 Å². The van der Waals surface area contributed by atoms with E-state index in [2.05, 4.69) is 5.32 Å². The van der Waals surface area contributed by atoms with E-state index in [1.807, 2.05) is 0 Å². The molecule has 0 aromatic heterocycles. The number of nitrogens with zero attached hydrogens (tertiary/aromatic N) is 2. The number of sulfonamides is 1. The third-order valence-corrected chi connectivity index (χ3v) is 7.55. The second kappa shape index (κ2) is 11.9. The lowest BCUT2D eigenvalue weighted by atomic mass is 9.95. The number of halogens is 2. The molecular weight excluding hydrogens is 493 g/mol. The normalized spacial score (nSPS) is 15.3. The second-order valence-corrected chi connectivity index (χ2v) is 11.3. The van der Waals surface area contributed by atoms with Crippen molar-refractivity contribution in [2.45, 2.75) is 57.7 Å². The molecule has 2 aromatic rings. The van der Waals surface area contributed by atoms with Gasteiger partial charge in [-0.1, -0.05) is 49.1 Å². The molecule has 0 aliphatic heterocycles. The van der Waals surface area contributed by atoms with E-state index in [1.54, 1.807) is 31.2 Å². The Hall–Kier alpha value is -2.65. The van der Waals surface area contributed by atoms with Gasteiger partial charge in [0.25, 0.3) is 0 Å². The lowest BCUT2D eigenvalue weighted by Crippen LogP contribution is -2.52. The van der Waals surface area contributed by atoms with Gasteiger partial charge in [-0.05, 0) is 55.7 Å². The molecule has 3 rings (SSSR count). The minimum absolute atomic E-state index is 0.0339. The van der Waals surface area contributed by atoms with Crippen LogP contribution in [0.2, 0.25) is 5.02 Å². The molecule has 0 saturated heterocycles. The number of hydrogen-bond acceptors (Lipinski definition) is 4. The number of anilines is 1. The third kappa shape index (κ3) is 7.67. The standard InChI is InChI=1S/C25H31ClFN3O4S/c1-18(25(32)28-22-8-4-3-5-9-22)29(16-19-11-13-20(26)14-12-19)24(31)17-30(35(2,33)34)23-10-6-7-21(27)15-23/h6-7,10-15,18,22H,3-5,8-9,16-17H2,1-2H3,(H,28,32)/t18-/m0/s1. The van der Waals surface area contributed by atoms with Crippen LogP contribution in [0.4, 0.5) is 10.1 Å². The molecule has 10 heteroatoms. The maximum Gasteiger partial charge on any atom is 0.244 e. The largest absolute Gasteiger partial charge is 0.352 e. The fraction of sp³-hybridized carbons (Fsp3) is 0.440. The van der Waals surface area contributed by atoms with Crippen molar-refractivity contribution >= 4 is 39.1 Å². The Morgan fingerprint density at radius 2 is 1.77 bits per heavy atom. The van der Waals surface area contributed by atoms with Crippen LogP contribution in [0.25, 0.3) is 0 Å². The summed E-state index contributed by atoms with van der Waals surface area (Å²) in [7, 11) is -3.91. The molecule has 0 radical (unpaired) electrons. The van der Waals surface area contributed by atoms with Gasteiger partial charge in [0.05, 0.1) is 11.9 Å². The summed E-state index contributed by atoms with van der Waals surface area (Å²) < 4.78 is 39.7. The van der Waals surface area contributed by atoms with Crippen LogP contribution in [0.5, 0.6) is 0 Å². The van der Waals surface area contributed by atoms with Crippen molar-refractivity contribution < 1.29 is 22.4 Å². The van der Waals surface area contributed by atoms with Gasteiger partial charge in [0.1, 0.15) is 18.4 Å². The Bertz CT molecular complexity index is 1140. The van der Waals surface area contributed by atoms with E-state index in [4.69, 9.17) is 11.6 Å². The highest BCUT2D eigenvalue weighted by Crippen LogP contribution is 2.21. The number of carbonyl (C=O) groups excluding carboxylic acids is 2. The van der Waals surface area contributed by atoms with Gasteiger partial charge in [-0.2, -0.15) is 0 Å². The highest BCUT2D eigenvalue weighted by atomic mass is 35.5. The van der Waals surface area contributed by atoms with E-state index in [0.29, 0.717) is 5.02 Å². The lowest BCUT2D eigenvalue weighted by Gasteiger charge is -2.33. The maximum absolute atomic E-state index is 13.8. The van der Waals surface area contributed by atoms with Gasteiger partial charge in [0, 0.05) is 17.6 Å². The number of benzene rings is 2. The molecule has 0 unspecified atom stereocenters. The van der Waals surface area contributed by atoms with Gasteiger partial charge in [-0.15, -0.1) is 0 Å². The first-order chi connectivity index (χ1) is 16.5. The molecule has 1 saturated carbocycles. The molecule has 0 heterocycles. The van der Waals surface area contributed by atoms with Gasteiger partial charge >= 0.3 is 0 Å². The Kier molecular flexibility index (Phi) is 9.13. The molecule has 1 aliphatic rings. The quantitative estimate of drug-likeness (QED) is 0.536. The molecule has 35 heavy (non-hydrogen) atoms. The topological polar surface area (TPSA) is 86.8 Å². The van der Waals surface area contributed by atoms with Crippen molar-refractivity contribution in [1.82, 2.24) is 10.2 Å². The van der Waals surface area contributed by atoms with Crippen LogP contribution in [0.3, 0.4) is 0 Å². The molecule has 2 aromatic carbocycles. The summed E-state index contributed by atoms with van der Waals surface area (Å²) in [5, 5.41) is 3.57. The van der Waals surface area contributed by atoms with Gasteiger partial charge in [0.2, 0.25) is 21.8 Å². The fourth-order valence-corrected chi connectivity index (χ4v) is 5.15. The Morgan fingerprint density at radius 1 is 1.11 bits per heavy atom. The highest BCUT2D eigenvalue weighted by Gasteiger charge is 2.31. The van der Waals surface area contributed by atoms with Gasteiger partial charge in [0.15, 0.2) is 0 Å². The molecule has 7 nitrogen and oxygen atoms in total. The Labute approximate surface area is 211 Å². The molecule has 190 valence electrons. The Balaban J connectivity index is 1.86. The summed E-state index contributed by atoms with van der Waals surface area (Å²) in [4.78, 5) is 27.9. The van der Waals surface area contributed by atoms with E-state index in [-0.39, 0.29) is 24.2 Å². The summed E-state index contributed by atoms with van der Waals surface area (Å²) in [6.07, 6.45) is 5.97. The molecule has 2 amide bonds. The first kappa shape index (κ1) is 26.9.